The van der Waals surface area contributed by atoms with Crippen LogP contribution in [0.2, 0.25) is 0 Å². The summed E-state index contributed by atoms with van der Waals surface area (Å²) in [4.78, 5) is 80.1. The molecule has 0 aromatic rings. The molecule has 422 valence electrons. The Morgan fingerprint density at radius 3 is 1.03 bits per heavy atom. The van der Waals surface area contributed by atoms with Gasteiger partial charge in [-0.2, -0.15) is 0 Å². The van der Waals surface area contributed by atoms with Crippen molar-refractivity contribution in [3.8, 4) is 0 Å². The zero-order valence-electron chi connectivity index (χ0n) is 43.3. The van der Waals surface area contributed by atoms with E-state index in [2.05, 4.69) is 24.5 Å². The molecule has 0 aromatic carbocycles. The van der Waals surface area contributed by atoms with Crippen molar-refractivity contribution in [1.82, 2.24) is 20.4 Å². The molecule has 72 heavy (non-hydrogen) atoms. The van der Waals surface area contributed by atoms with Crippen LogP contribution in [0.4, 0.5) is 0 Å². The quantitative estimate of drug-likeness (QED) is 0.0287. The van der Waals surface area contributed by atoms with Gasteiger partial charge in [-0.25, -0.2) is 0 Å². The summed E-state index contributed by atoms with van der Waals surface area (Å²) >= 11 is 0. The number of nitrogens with one attached hydrogen (secondary N) is 2. The number of aliphatic hydroxyl groups excluding tert-OH is 10. The van der Waals surface area contributed by atoms with Crippen molar-refractivity contribution < 1.29 is 89.3 Å². The van der Waals surface area contributed by atoms with E-state index in [-0.39, 0.29) is 91.0 Å². The molecule has 8 atom stereocenters. The van der Waals surface area contributed by atoms with Crippen molar-refractivity contribution >= 4 is 35.6 Å². The van der Waals surface area contributed by atoms with Crippen LogP contribution in [-0.2, 0) is 38.2 Å². The van der Waals surface area contributed by atoms with Crippen molar-refractivity contribution in [3.63, 3.8) is 0 Å². The Morgan fingerprint density at radius 2 is 0.708 bits per heavy atom. The molecular formula is C50H94N4O18. The first-order chi connectivity index (χ1) is 34.5. The van der Waals surface area contributed by atoms with Crippen molar-refractivity contribution in [2.45, 2.75) is 217 Å². The molecule has 0 aliphatic heterocycles. The Balaban J connectivity index is 5.67. The molecule has 22 nitrogen and oxygen atoms in total. The third-order valence-corrected chi connectivity index (χ3v) is 12.3. The van der Waals surface area contributed by atoms with E-state index in [4.69, 9.17) is 19.7 Å². The first-order valence-electron chi connectivity index (χ1n) is 26.5. The van der Waals surface area contributed by atoms with Gasteiger partial charge in [0, 0.05) is 51.9 Å². The molecule has 0 saturated heterocycles. The van der Waals surface area contributed by atoms with Gasteiger partial charge in [-0.1, -0.05) is 117 Å². The van der Waals surface area contributed by atoms with Crippen LogP contribution in [-0.4, -0.2) is 211 Å². The normalized spacial score (nSPS) is 14.8. The molecule has 0 rings (SSSR count). The van der Waals surface area contributed by atoms with E-state index in [1.807, 2.05) is 0 Å². The third kappa shape index (κ3) is 32.6. The Morgan fingerprint density at radius 1 is 0.403 bits per heavy atom. The molecule has 0 aromatic heterocycles. The second-order valence-corrected chi connectivity index (χ2v) is 18.5. The van der Waals surface area contributed by atoms with E-state index < -0.39 is 97.6 Å². The molecule has 4 amide bonds. The van der Waals surface area contributed by atoms with Gasteiger partial charge < -0.3 is 81.0 Å². The molecule has 22 heteroatoms. The number of hydrogen-bond donors (Lipinski definition) is 12. The molecule has 0 fully saturated rings. The molecule has 0 saturated carbocycles. The number of hydrogen-bond acceptors (Lipinski definition) is 18. The molecule has 0 heterocycles. The van der Waals surface area contributed by atoms with E-state index in [1.165, 1.54) is 74.0 Å². The highest BCUT2D eigenvalue weighted by molar-refractivity contribution is 5.84. The highest BCUT2D eigenvalue weighted by atomic mass is 16.5. The molecule has 0 unspecified atom stereocenters. The Kier molecular flexibility index (Phi) is 41.6. The first kappa shape index (κ1) is 68.4. The Hall–Kier alpha value is -3.58. The number of ether oxygens (including phenoxy) is 2. The minimum Gasteiger partial charge on any atom is -0.464 e. The number of aliphatic hydroxyl groups is 10. The van der Waals surface area contributed by atoms with E-state index in [1.54, 1.807) is 0 Å². The third-order valence-electron chi connectivity index (χ3n) is 12.3. The van der Waals surface area contributed by atoms with Gasteiger partial charge in [0.05, 0.1) is 26.3 Å². The van der Waals surface area contributed by atoms with Crippen LogP contribution in [0.3, 0.4) is 0 Å². The van der Waals surface area contributed by atoms with Gasteiger partial charge in [-0.05, 0) is 25.7 Å². The predicted octanol–water partition coefficient (Wildman–Crippen LogP) is 0.236. The number of carbonyl (C=O) groups is 6. The smallest absolute Gasteiger partial charge is 0.305 e. The SMILES string of the molecule is CCCCCCCCCCCC(=O)OCCN(CCOC(=O)CCCCCCCCCCC)C(=O)CCC(=O)N(CCCNC(=O)[C@H](O)[C@@H](O)[C@H](O)[C@H](O)CO)CCCNC(=O)[C@H](O)[C@@H](O)[C@H](O)[C@H](O)CO. The maximum Gasteiger partial charge on any atom is 0.305 e. The Bertz CT molecular complexity index is 1360. The molecule has 0 aliphatic rings. The minimum absolute atomic E-state index is 0.0253. The van der Waals surface area contributed by atoms with Gasteiger partial charge in [0.25, 0.3) is 11.8 Å². The standard InChI is InChI=1S/C50H94N4O18/c1-3-5-7-9-11-13-15-17-19-23-41(61)71-33-31-54(32-34-72-42(62)24-20-18-16-14-12-10-8-6-4-2)40(60)26-25-39(59)53(29-21-27-51-49(69)47(67)45(65)43(63)37(57)35-55)30-22-28-52-50(70)48(68)46(66)44(64)38(58)36-56/h37-38,43-48,55-58,63-68H,3-36H2,1-2H3,(H,51,69)(H,52,70)/t37-,38-,43-,44-,45+,46+,47-,48-/m1/s1. The van der Waals surface area contributed by atoms with Crippen LogP contribution in [0.1, 0.15) is 168 Å². The molecule has 0 aliphatic carbocycles. The van der Waals surface area contributed by atoms with Crippen molar-refractivity contribution in [1.29, 1.82) is 0 Å². The maximum absolute atomic E-state index is 13.7. The lowest BCUT2D eigenvalue weighted by atomic mass is 10.0. The van der Waals surface area contributed by atoms with Gasteiger partial charge in [0.1, 0.15) is 49.8 Å². The zero-order chi connectivity index (χ0) is 54.1. The maximum atomic E-state index is 13.7. The van der Waals surface area contributed by atoms with Crippen LogP contribution in [0, 0.1) is 0 Å². The van der Waals surface area contributed by atoms with Gasteiger partial charge in [0.15, 0.2) is 12.2 Å². The van der Waals surface area contributed by atoms with E-state index in [9.17, 15) is 69.6 Å². The van der Waals surface area contributed by atoms with E-state index >= 15 is 0 Å². The highest BCUT2D eigenvalue weighted by Gasteiger charge is 2.35. The fourth-order valence-corrected chi connectivity index (χ4v) is 7.62. The summed E-state index contributed by atoms with van der Waals surface area (Å²) in [6, 6.07) is 0. The molecule has 0 spiro atoms. The van der Waals surface area contributed by atoms with Crippen molar-refractivity contribution in [3.05, 3.63) is 0 Å². The molecule has 0 bridgehead atoms. The lowest BCUT2D eigenvalue weighted by molar-refractivity contribution is -0.149. The molecular weight excluding hydrogens is 945 g/mol. The second-order valence-electron chi connectivity index (χ2n) is 18.5. The zero-order valence-corrected chi connectivity index (χ0v) is 43.3. The molecule has 0 radical (unpaired) electrons. The predicted molar refractivity (Wildman–Crippen MR) is 265 cm³/mol. The summed E-state index contributed by atoms with van der Waals surface area (Å²) in [7, 11) is 0. The molecule has 12 N–H and O–H groups in total. The first-order valence-corrected chi connectivity index (χ1v) is 26.5. The van der Waals surface area contributed by atoms with Gasteiger partial charge in [-0.3, -0.25) is 28.8 Å². The van der Waals surface area contributed by atoms with Gasteiger partial charge in [-0.15, -0.1) is 0 Å². The summed E-state index contributed by atoms with van der Waals surface area (Å²) in [6.45, 7) is 1.72. The van der Waals surface area contributed by atoms with Crippen LogP contribution < -0.4 is 10.6 Å². The average Bonchev–Trinajstić information content (AvgIpc) is 3.38. The lowest BCUT2D eigenvalue weighted by Gasteiger charge is -2.26. The summed E-state index contributed by atoms with van der Waals surface area (Å²) in [5.41, 5.74) is 0. The number of esters is 2. The van der Waals surface area contributed by atoms with Crippen molar-refractivity contribution in [2.24, 2.45) is 0 Å². The number of unbranched alkanes of at least 4 members (excludes halogenated alkanes) is 16. The van der Waals surface area contributed by atoms with E-state index in [0.29, 0.717) is 12.8 Å². The van der Waals surface area contributed by atoms with Crippen molar-refractivity contribution in [2.75, 3.05) is 65.7 Å². The average molecular weight is 1040 g/mol. The number of amides is 4. The summed E-state index contributed by atoms with van der Waals surface area (Å²) in [5, 5.41) is 102. The minimum atomic E-state index is -2.19. The second kappa shape index (κ2) is 43.8. The van der Waals surface area contributed by atoms with Crippen LogP contribution in [0.25, 0.3) is 0 Å². The van der Waals surface area contributed by atoms with Crippen LogP contribution >= 0.6 is 0 Å². The topological polar surface area (TPSA) is 354 Å². The lowest BCUT2D eigenvalue weighted by Crippen LogP contribution is -2.52. The number of carbonyl (C=O) groups excluding carboxylic acids is 6. The van der Waals surface area contributed by atoms with Gasteiger partial charge in [0.2, 0.25) is 11.8 Å². The summed E-state index contributed by atoms with van der Waals surface area (Å²) in [5.74, 6) is -4.08. The highest BCUT2D eigenvalue weighted by Crippen LogP contribution is 2.14. The summed E-state index contributed by atoms with van der Waals surface area (Å²) in [6.07, 6.45) is 3.07. The van der Waals surface area contributed by atoms with Crippen LogP contribution in [0.5, 0.6) is 0 Å². The van der Waals surface area contributed by atoms with Crippen LogP contribution in [0.15, 0.2) is 0 Å². The number of nitrogens with zero attached hydrogens (tertiary/aromatic N) is 2. The fraction of sp³-hybridized carbons (Fsp3) is 0.880. The Labute approximate surface area is 426 Å². The summed E-state index contributed by atoms with van der Waals surface area (Å²) < 4.78 is 10.9. The van der Waals surface area contributed by atoms with Gasteiger partial charge >= 0.3 is 11.9 Å². The largest absolute Gasteiger partial charge is 0.464 e. The monoisotopic (exact) mass is 1040 g/mol. The number of rotatable bonds is 47. The fourth-order valence-electron chi connectivity index (χ4n) is 7.62. The van der Waals surface area contributed by atoms with E-state index in [0.717, 1.165) is 38.5 Å².